The molecule has 0 aliphatic carbocycles. The summed E-state index contributed by atoms with van der Waals surface area (Å²) in [6, 6.07) is 12.3. The van der Waals surface area contributed by atoms with E-state index in [0.717, 1.165) is 47.0 Å². The van der Waals surface area contributed by atoms with Gasteiger partial charge in [0, 0.05) is 53.7 Å². The van der Waals surface area contributed by atoms with E-state index < -0.39 is 11.2 Å². The number of benzene rings is 2. The molecule has 0 aromatic heterocycles. The number of amides is 2. The first-order chi connectivity index (χ1) is 20.8. The van der Waals surface area contributed by atoms with Gasteiger partial charge in [0.15, 0.2) is 0 Å². The van der Waals surface area contributed by atoms with Crippen molar-refractivity contribution in [3.8, 4) is 0 Å². The number of carbonyl (C=O) groups is 3. The molecule has 10 heteroatoms. The van der Waals surface area contributed by atoms with Crippen LogP contribution in [-0.2, 0) is 20.7 Å². The third-order valence-corrected chi connectivity index (χ3v) is 8.95. The lowest BCUT2D eigenvalue weighted by Gasteiger charge is -2.33. The molecule has 0 bridgehead atoms. The van der Waals surface area contributed by atoms with E-state index in [2.05, 4.69) is 57.0 Å². The van der Waals surface area contributed by atoms with E-state index in [1.54, 1.807) is 4.90 Å². The fourth-order valence-corrected chi connectivity index (χ4v) is 5.24. The van der Waals surface area contributed by atoms with Crippen molar-refractivity contribution < 1.29 is 23.9 Å². The van der Waals surface area contributed by atoms with E-state index >= 15 is 0 Å². The van der Waals surface area contributed by atoms with Crippen molar-refractivity contribution in [2.24, 2.45) is 5.92 Å². The number of piperidine rings is 2. The highest BCUT2D eigenvalue weighted by Crippen LogP contribution is 2.25. The first-order valence-corrected chi connectivity index (χ1v) is 17.2. The average Bonchev–Trinajstić information content (AvgIpc) is 2.93. The molecule has 4 rings (SSSR count). The molecule has 0 saturated carbocycles. The van der Waals surface area contributed by atoms with Gasteiger partial charge in [-0.2, -0.15) is 0 Å². The number of ether oxygens (including phenoxy) is 2. The fourth-order valence-electron chi connectivity index (χ4n) is 4.75. The number of nitrogens with two attached hydrogens (primary N) is 1. The number of halogens is 2. The molecule has 2 N–H and O–H groups in total. The van der Waals surface area contributed by atoms with Crippen LogP contribution in [0.15, 0.2) is 45.3 Å². The van der Waals surface area contributed by atoms with Gasteiger partial charge in [0.05, 0.1) is 0 Å². The van der Waals surface area contributed by atoms with E-state index in [0.29, 0.717) is 31.8 Å². The summed E-state index contributed by atoms with van der Waals surface area (Å²) < 4.78 is 12.9. The number of ketones is 1. The Morgan fingerprint density at radius 3 is 1.64 bits per heavy atom. The van der Waals surface area contributed by atoms with Gasteiger partial charge in [0.25, 0.3) is 0 Å². The fraction of sp³-hybridized carbons (Fsp3) is 0.571. The standard InChI is InChI=1S/C18H26BrNO2.C10H17NO3.C7H8BrN/c1-13-11-15(5-6-16(13)19)12-14-7-9-20(10-8-14)17(21)22-18(2,3)4;1-10(2,3)14-9(13)11-6-4-8(12)5-7-11;1-5-4-6(9)2-3-7(5)8/h5-6,11,14H,7-10,12H2,1-4H3;4-7H2,1-3H3;2-4H,9H2,1H3. The maximum absolute atomic E-state index is 12.1. The number of nitrogen functional groups attached to an aromatic ring is 1. The number of aryl methyl sites for hydroxylation is 2. The summed E-state index contributed by atoms with van der Waals surface area (Å²) in [7, 11) is 0. The van der Waals surface area contributed by atoms with Gasteiger partial charge in [-0.25, -0.2) is 9.59 Å². The van der Waals surface area contributed by atoms with Gasteiger partial charge in [-0.05, 0) is 122 Å². The van der Waals surface area contributed by atoms with Crippen molar-refractivity contribution in [2.75, 3.05) is 31.9 Å². The molecular formula is C35H51Br2N3O5. The van der Waals surface area contributed by atoms with E-state index in [9.17, 15) is 14.4 Å². The maximum Gasteiger partial charge on any atom is 0.410 e. The first-order valence-electron chi connectivity index (χ1n) is 15.6. The van der Waals surface area contributed by atoms with Gasteiger partial charge in [0.2, 0.25) is 0 Å². The normalized spacial score (nSPS) is 15.7. The largest absolute Gasteiger partial charge is 0.444 e. The van der Waals surface area contributed by atoms with Crippen LogP contribution in [0.1, 0.15) is 83.9 Å². The smallest absolute Gasteiger partial charge is 0.410 e. The molecule has 2 aliphatic rings. The van der Waals surface area contributed by atoms with Crippen LogP contribution in [0.5, 0.6) is 0 Å². The second kappa shape index (κ2) is 17.4. The summed E-state index contributed by atoms with van der Waals surface area (Å²) in [5.74, 6) is 0.879. The molecule has 0 atom stereocenters. The van der Waals surface area contributed by atoms with Crippen molar-refractivity contribution in [3.63, 3.8) is 0 Å². The van der Waals surface area contributed by atoms with Gasteiger partial charge in [-0.1, -0.05) is 44.0 Å². The molecule has 2 heterocycles. The van der Waals surface area contributed by atoms with E-state index in [4.69, 9.17) is 15.2 Å². The Kier molecular flexibility index (Phi) is 14.9. The Hall–Kier alpha value is -2.59. The molecule has 2 aromatic carbocycles. The first kappa shape index (κ1) is 38.6. The Bertz CT molecular complexity index is 1290. The molecule has 2 aliphatic heterocycles. The second-order valence-corrected chi connectivity index (χ2v) is 15.4. The van der Waals surface area contributed by atoms with Crippen molar-refractivity contribution in [1.82, 2.24) is 9.80 Å². The van der Waals surface area contributed by atoms with Gasteiger partial charge in [-0.3, -0.25) is 4.79 Å². The van der Waals surface area contributed by atoms with E-state index in [1.165, 1.54) is 16.7 Å². The summed E-state index contributed by atoms with van der Waals surface area (Å²) in [4.78, 5) is 37.9. The minimum atomic E-state index is -0.460. The summed E-state index contributed by atoms with van der Waals surface area (Å²) >= 11 is 6.92. The molecule has 2 amide bonds. The zero-order chi connectivity index (χ0) is 33.9. The van der Waals surface area contributed by atoms with Crippen LogP contribution in [0, 0.1) is 19.8 Å². The lowest BCUT2D eigenvalue weighted by molar-refractivity contribution is -0.121. The molecule has 45 heavy (non-hydrogen) atoms. The summed E-state index contributed by atoms with van der Waals surface area (Å²) in [6.45, 7) is 18.0. The zero-order valence-corrected chi connectivity index (χ0v) is 31.3. The van der Waals surface area contributed by atoms with Crippen LogP contribution >= 0.6 is 31.9 Å². The number of anilines is 1. The molecule has 0 spiro atoms. The minimum absolute atomic E-state index is 0.176. The molecule has 2 aromatic rings. The second-order valence-electron chi connectivity index (χ2n) is 13.7. The number of carbonyl (C=O) groups excluding carboxylic acids is 3. The third-order valence-electron chi connectivity index (χ3n) is 7.17. The monoisotopic (exact) mass is 751 g/mol. The minimum Gasteiger partial charge on any atom is -0.444 e. The predicted octanol–water partition coefficient (Wildman–Crippen LogP) is 8.87. The summed E-state index contributed by atoms with van der Waals surface area (Å²) in [5, 5.41) is 0. The molecular weight excluding hydrogens is 702 g/mol. The van der Waals surface area contributed by atoms with Gasteiger partial charge in [-0.15, -0.1) is 0 Å². The van der Waals surface area contributed by atoms with Crippen LogP contribution in [0.4, 0.5) is 15.3 Å². The quantitative estimate of drug-likeness (QED) is 0.308. The highest BCUT2D eigenvalue weighted by molar-refractivity contribution is 9.10. The number of rotatable bonds is 2. The van der Waals surface area contributed by atoms with Crippen molar-refractivity contribution >= 4 is 55.5 Å². The Morgan fingerprint density at radius 1 is 0.778 bits per heavy atom. The highest BCUT2D eigenvalue weighted by atomic mass is 79.9. The third kappa shape index (κ3) is 15.0. The molecule has 0 unspecified atom stereocenters. The Labute approximate surface area is 286 Å². The van der Waals surface area contributed by atoms with E-state index in [1.807, 2.05) is 71.6 Å². The number of likely N-dealkylation sites (tertiary alicyclic amines) is 2. The van der Waals surface area contributed by atoms with Crippen molar-refractivity contribution in [1.29, 1.82) is 0 Å². The average molecular weight is 754 g/mol. The number of hydrogen-bond donors (Lipinski definition) is 1. The maximum atomic E-state index is 12.1. The Balaban J connectivity index is 0.000000261. The lowest BCUT2D eigenvalue weighted by atomic mass is 9.90. The summed E-state index contributed by atoms with van der Waals surface area (Å²) in [5.41, 5.74) is 9.29. The molecule has 250 valence electrons. The van der Waals surface area contributed by atoms with Crippen LogP contribution in [0.2, 0.25) is 0 Å². The van der Waals surface area contributed by atoms with Crippen LogP contribution in [0.3, 0.4) is 0 Å². The number of nitrogens with zero attached hydrogens (tertiary/aromatic N) is 2. The molecule has 0 radical (unpaired) electrons. The highest BCUT2D eigenvalue weighted by Gasteiger charge is 2.27. The van der Waals surface area contributed by atoms with E-state index in [-0.39, 0.29) is 18.0 Å². The Morgan fingerprint density at radius 2 is 1.22 bits per heavy atom. The lowest BCUT2D eigenvalue weighted by Crippen LogP contribution is -2.42. The van der Waals surface area contributed by atoms with Crippen molar-refractivity contribution in [3.05, 3.63) is 62.0 Å². The number of hydrogen-bond acceptors (Lipinski definition) is 6. The van der Waals surface area contributed by atoms with Crippen LogP contribution in [0.25, 0.3) is 0 Å². The molecule has 8 nitrogen and oxygen atoms in total. The number of Topliss-reactive ketones (excluding diaryl/α,β-unsaturated/α-hetero) is 1. The predicted molar refractivity (Wildman–Crippen MR) is 188 cm³/mol. The van der Waals surface area contributed by atoms with Gasteiger partial charge in [0.1, 0.15) is 17.0 Å². The van der Waals surface area contributed by atoms with Gasteiger partial charge < -0.3 is 25.0 Å². The topological polar surface area (TPSA) is 102 Å². The van der Waals surface area contributed by atoms with Crippen molar-refractivity contribution in [2.45, 2.75) is 98.7 Å². The molecule has 2 fully saturated rings. The van der Waals surface area contributed by atoms with Crippen LogP contribution in [-0.4, -0.2) is 65.2 Å². The molecule has 2 saturated heterocycles. The van der Waals surface area contributed by atoms with Gasteiger partial charge >= 0.3 is 12.2 Å². The zero-order valence-electron chi connectivity index (χ0n) is 28.2. The summed E-state index contributed by atoms with van der Waals surface area (Å²) in [6.07, 6.45) is 3.62. The van der Waals surface area contributed by atoms with Crippen LogP contribution < -0.4 is 5.73 Å². The SMILES string of the molecule is CC(C)(C)OC(=O)N1CCC(=O)CC1.Cc1cc(CC2CCN(C(=O)OC(C)(C)C)CC2)ccc1Br.Cc1cc(N)ccc1Br.